The molecule has 5 aromatic rings. The SMILES string of the molecule is Nc1ccc2cc(S(=O)(=O)O)c(N=Nc3ccc(-c4ccc(N=Nc5ccc(O)c(C(=O)O)c5)cc4)cc3)c(O)c2c1.[Na]. The van der Waals surface area contributed by atoms with E-state index < -0.39 is 32.4 Å². The van der Waals surface area contributed by atoms with Crippen molar-refractivity contribution in [3.63, 3.8) is 0 Å². The van der Waals surface area contributed by atoms with E-state index in [1.54, 1.807) is 36.4 Å². The Kier molecular flexibility index (Phi) is 9.23. The van der Waals surface area contributed by atoms with E-state index in [0.717, 1.165) is 11.1 Å². The summed E-state index contributed by atoms with van der Waals surface area (Å²) < 4.78 is 33.7. The van der Waals surface area contributed by atoms with Crippen molar-refractivity contribution >= 4 is 84.9 Å². The standard InChI is InChI=1S/C29H21N5O7S.Na/c30-19-6-1-18-13-26(42(39,40)41)27(28(36)23(18)14-19)34-32-21-9-4-17(5-10-21)16-2-7-20(8-3-16)31-33-22-11-12-25(35)24(15-22)29(37)38;/h1-15,35-36H,30H2,(H,37,38)(H,39,40,41);. The van der Waals surface area contributed by atoms with Gasteiger partial charge in [0, 0.05) is 40.6 Å². The summed E-state index contributed by atoms with van der Waals surface area (Å²) in [6, 6.07) is 23.4. The molecule has 14 heteroatoms. The van der Waals surface area contributed by atoms with Crippen LogP contribution in [0.15, 0.2) is 116 Å². The minimum Gasteiger partial charge on any atom is -0.507 e. The largest absolute Gasteiger partial charge is 0.507 e. The molecule has 211 valence electrons. The third-order valence-electron chi connectivity index (χ3n) is 6.18. The number of nitrogens with two attached hydrogens (primary N) is 1. The number of phenols is 2. The molecule has 6 N–H and O–H groups in total. The zero-order chi connectivity index (χ0) is 30.0. The molecule has 0 bridgehead atoms. The third kappa shape index (κ3) is 7.05. The minimum atomic E-state index is -4.73. The number of hydrogen-bond donors (Lipinski definition) is 5. The normalized spacial score (nSPS) is 11.7. The Hall–Kier alpha value is -4.66. The van der Waals surface area contributed by atoms with Gasteiger partial charge in [-0.15, -0.1) is 5.11 Å². The van der Waals surface area contributed by atoms with Crippen LogP contribution in [0.5, 0.6) is 11.5 Å². The number of carbonyl (C=O) groups is 1. The van der Waals surface area contributed by atoms with Gasteiger partial charge in [0.2, 0.25) is 0 Å². The fraction of sp³-hybridized carbons (Fsp3) is 0. The maximum Gasteiger partial charge on any atom is 0.339 e. The summed E-state index contributed by atoms with van der Waals surface area (Å²) in [6.07, 6.45) is 0. The van der Waals surface area contributed by atoms with Crippen LogP contribution in [0.4, 0.5) is 28.4 Å². The number of carboxylic acids is 1. The van der Waals surface area contributed by atoms with E-state index in [1.165, 1.54) is 42.5 Å². The van der Waals surface area contributed by atoms with Crippen molar-refractivity contribution in [3.8, 4) is 22.6 Å². The summed E-state index contributed by atoms with van der Waals surface area (Å²) in [7, 11) is -4.73. The average Bonchev–Trinajstić information content (AvgIpc) is 2.96. The summed E-state index contributed by atoms with van der Waals surface area (Å²) in [6.45, 7) is 0. The maximum absolute atomic E-state index is 12.0. The van der Waals surface area contributed by atoms with Gasteiger partial charge in [0.05, 0.1) is 17.1 Å². The molecule has 0 aliphatic rings. The van der Waals surface area contributed by atoms with Gasteiger partial charge in [-0.3, -0.25) is 4.55 Å². The Morgan fingerprint density at radius 3 is 1.79 bits per heavy atom. The number of fused-ring (bicyclic) bond motifs is 1. The van der Waals surface area contributed by atoms with Crippen molar-refractivity contribution in [1.82, 2.24) is 0 Å². The van der Waals surface area contributed by atoms with Crippen LogP contribution in [0.3, 0.4) is 0 Å². The van der Waals surface area contributed by atoms with Crippen LogP contribution in [0.25, 0.3) is 21.9 Å². The number of aromatic carboxylic acids is 1. The molecule has 0 aliphatic heterocycles. The van der Waals surface area contributed by atoms with Crippen molar-refractivity contribution < 1.29 is 33.1 Å². The molecule has 0 atom stereocenters. The molecule has 5 aromatic carbocycles. The molecule has 1 radical (unpaired) electrons. The molecule has 0 unspecified atom stereocenters. The molecule has 0 spiro atoms. The van der Waals surface area contributed by atoms with Crippen molar-refractivity contribution in [3.05, 3.63) is 96.6 Å². The Labute approximate surface area is 266 Å². The van der Waals surface area contributed by atoms with Crippen molar-refractivity contribution in [2.24, 2.45) is 20.5 Å². The fourth-order valence-electron chi connectivity index (χ4n) is 4.07. The number of aromatic hydroxyl groups is 2. The second-order valence-corrected chi connectivity index (χ2v) is 10.4. The second kappa shape index (κ2) is 12.7. The zero-order valence-corrected chi connectivity index (χ0v) is 25.3. The Morgan fingerprint density at radius 2 is 1.23 bits per heavy atom. The molecule has 0 aromatic heterocycles. The van der Waals surface area contributed by atoms with Gasteiger partial charge in [-0.2, -0.15) is 23.8 Å². The van der Waals surface area contributed by atoms with E-state index in [4.69, 9.17) is 10.8 Å². The summed E-state index contributed by atoms with van der Waals surface area (Å²) >= 11 is 0. The van der Waals surface area contributed by atoms with Crippen molar-refractivity contribution in [1.29, 1.82) is 0 Å². The fourth-order valence-corrected chi connectivity index (χ4v) is 4.73. The summed E-state index contributed by atoms with van der Waals surface area (Å²) in [5.41, 5.74) is 8.24. The quantitative estimate of drug-likeness (QED) is 0.0568. The molecule has 0 fully saturated rings. The Bertz CT molecular complexity index is 2020. The van der Waals surface area contributed by atoms with E-state index in [0.29, 0.717) is 22.4 Å². The minimum absolute atomic E-state index is 0. The smallest absolute Gasteiger partial charge is 0.339 e. The first-order valence-corrected chi connectivity index (χ1v) is 13.6. The molecule has 12 nitrogen and oxygen atoms in total. The number of benzene rings is 5. The summed E-state index contributed by atoms with van der Waals surface area (Å²) in [4.78, 5) is 10.6. The van der Waals surface area contributed by atoms with Crippen LogP contribution >= 0.6 is 0 Å². The number of nitrogen functional groups attached to an aromatic ring is 1. The number of hydrogen-bond acceptors (Lipinski definition) is 10. The van der Waals surface area contributed by atoms with Crippen LogP contribution in [0.1, 0.15) is 10.4 Å². The average molecular weight is 607 g/mol. The van der Waals surface area contributed by atoms with Crippen molar-refractivity contribution in [2.75, 3.05) is 5.73 Å². The number of azo groups is 2. The predicted molar refractivity (Wildman–Crippen MR) is 161 cm³/mol. The molecule has 0 heterocycles. The number of nitrogens with zero attached hydrogens (tertiary/aromatic N) is 4. The first-order valence-electron chi connectivity index (χ1n) is 12.1. The number of rotatable bonds is 7. The topological polar surface area (TPSA) is 208 Å². The van der Waals surface area contributed by atoms with Crippen LogP contribution in [-0.4, -0.2) is 63.8 Å². The predicted octanol–water partition coefficient (Wildman–Crippen LogP) is 6.90. The van der Waals surface area contributed by atoms with Gasteiger partial charge in [0.1, 0.15) is 21.9 Å². The van der Waals surface area contributed by atoms with Crippen LogP contribution in [-0.2, 0) is 10.1 Å². The maximum atomic E-state index is 12.0. The van der Waals surface area contributed by atoms with Crippen LogP contribution < -0.4 is 5.73 Å². The van der Waals surface area contributed by atoms with Gasteiger partial charge in [-0.25, -0.2) is 4.79 Å². The van der Waals surface area contributed by atoms with E-state index >= 15 is 0 Å². The van der Waals surface area contributed by atoms with E-state index in [1.807, 2.05) is 12.1 Å². The molecule has 0 saturated carbocycles. The monoisotopic (exact) mass is 606 g/mol. The van der Waals surface area contributed by atoms with Gasteiger partial charge in [0.15, 0.2) is 5.75 Å². The summed E-state index contributed by atoms with van der Waals surface area (Å²) in [5.74, 6) is -2.13. The number of anilines is 1. The van der Waals surface area contributed by atoms with Gasteiger partial charge < -0.3 is 21.1 Å². The molecular weight excluding hydrogens is 585 g/mol. The third-order valence-corrected chi connectivity index (χ3v) is 7.05. The molecular formula is C29H21N5NaO7S. The van der Waals surface area contributed by atoms with Crippen LogP contribution in [0.2, 0.25) is 0 Å². The Morgan fingerprint density at radius 1 is 0.698 bits per heavy atom. The van der Waals surface area contributed by atoms with Gasteiger partial charge >= 0.3 is 5.97 Å². The second-order valence-electron chi connectivity index (χ2n) is 9.03. The first-order chi connectivity index (χ1) is 20.0. The summed E-state index contributed by atoms with van der Waals surface area (Å²) in [5, 5.41) is 46.1. The number of carboxylic acid groups (broad SMARTS) is 1. The molecule has 0 amide bonds. The van der Waals surface area contributed by atoms with E-state index in [2.05, 4.69) is 20.5 Å². The zero-order valence-electron chi connectivity index (χ0n) is 22.4. The molecule has 0 aliphatic carbocycles. The van der Waals surface area contributed by atoms with E-state index in [9.17, 15) is 28.0 Å². The van der Waals surface area contributed by atoms with Gasteiger partial charge in [-0.1, -0.05) is 30.3 Å². The first kappa shape index (κ1) is 31.3. The molecule has 0 saturated heterocycles. The van der Waals surface area contributed by atoms with Crippen molar-refractivity contribution in [2.45, 2.75) is 4.90 Å². The van der Waals surface area contributed by atoms with E-state index in [-0.39, 0.29) is 51.9 Å². The van der Waals surface area contributed by atoms with Gasteiger partial charge in [0.25, 0.3) is 10.1 Å². The van der Waals surface area contributed by atoms with Crippen LogP contribution in [0, 0.1) is 0 Å². The molecule has 43 heavy (non-hydrogen) atoms. The van der Waals surface area contributed by atoms with Gasteiger partial charge in [-0.05, 0) is 77.2 Å². The number of phenolic OH excluding ortho intramolecular Hbond substituents is 1. The Balaban J connectivity index is 0.00000423. The molecule has 5 rings (SSSR count).